The topological polar surface area (TPSA) is 66.4 Å². The molecule has 1 fully saturated rings. The third-order valence-corrected chi connectivity index (χ3v) is 2.86. The van der Waals surface area contributed by atoms with Gasteiger partial charge in [0.05, 0.1) is 0 Å². The first-order valence-electron chi connectivity index (χ1n) is 5.48. The number of nitrogens with one attached hydrogen (secondary N) is 1. The summed E-state index contributed by atoms with van der Waals surface area (Å²) in [4.78, 5) is 21.6. The van der Waals surface area contributed by atoms with Gasteiger partial charge in [0, 0.05) is 6.04 Å². The van der Waals surface area contributed by atoms with E-state index in [0.717, 1.165) is 12.8 Å². The average Bonchev–Trinajstić information content (AvgIpc) is 1.98. The molecule has 2 atom stereocenters. The average molecular weight is 213 g/mol. The Labute approximate surface area is 90.0 Å². The summed E-state index contributed by atoms with van der Waals surface area (Å²) < 4.78 is 0. The fourth-order valence-corrected chi connectivity index (χ4v) is 2.48. The van der Waals surface area contributed by atoms with Crippen molar-refractivity contribution in [3.63, 3.8) is 0 Å². The molecule has 86 valence electrons. The van der Waals surface area contributed by atoms with Crippen LogP contribution in [0.15, 0.2) is 0 Å². The second-order valence-corrected chi connectivity index (χ2v) is 4.75. The Balaban J connectivity index is 2.37. The molecule has 0 spiro atoms. The molecule has 15 heavy (non-hydrogen) atoms. The van der Waals surface area contributed by atoms with Crippen LogP contribution in [0, 0.1) is 11.8 Å². The number of aliphatic carboxylic acids is 1. The van der Waals surface area contributed by atoms with Crippen LogP contribution in [0.2, 0.25) is 0 Å². The van der Waals surface area contributed by atoms with Gasteiger partial charge in [0.15, 0.2) is 0 Å². The highest BCUT2D eigenvalue weighted by Crippen LogP contribution is 2.28. The van der Waals surface area contributed by atoms with Gasteiger partial charge in [-0.2, -0.15) is 0 Å². The second kappa shape index (κ2) is 5.14. The third kappa shape index (κ3) is 4.32. The van der Waals surface area contributed by atoms with Crippen LogP contribution >= 0.6 is 0 Å². The van der Waals surface area contributed by atoms with Crippen molar-refractivity contribution in [2.45, 2.75) is 45.6 Å². The van der Waals surface area contributed by atoms with Crippen molar-refractivity contribution in [1.29, 1.82) is 0 Å². The van der Waals surface area contributed by atoms with E-state index in [4.69, 9.17) is 5.11 Å². The van der Waals surface area contributed by atoms with E-state index in [9.17, 15) is 9.59 Å². The Kier molecular flexibility index (Phi) is 4.12. The summed E-state index contributed by atoms with van der Waals surface area (Å²) in [7, 11) is 0. The zero-order valence-electron chi connectivity index (χ0n) is 9.32. The highest BCUT2D eigenvalue weighted by Gasteiger charge is 2.25. The summed E-state index contributed by atoms with van der Waals surface area (Å²) in [5.74, 6) is -0.203. The number of carbonyl (C=O) groups excluding carboxylic acids is 1. The predicted octanol–water partition coefficient (Wildman–Crippen LogP) is 1.40. The molecule has 0 aromatic heterocycles. The zero-order chi connectivity index (χ0) is 11.4. The summed E-state index contributed by atoms with van der Waals surface area (Å²) in [6, 6.07) is 0.163. The van der Waals surface area contributed by atoms with Gasteiger partial charge in [-0.05, 0) is 31.1 Å². The summed E-state index contributed by atoms with van der Waals surface area (Å²) in [6.07, 6.45) is 2.72. The Morgan fingerprint density at radius 1 is 1.20 bits per heavy atom. The molecule has 0 saturated heterocycles. The van der Waals surface area contributed by atoms with Crippen molar-refractivity contribution in [1.82, 2.24) is 5.32 Å². The molecule has 1 amide bonds. The summed E-state index contributed by atoms with van der Waals surface area (Å²) in [6.45, 7) is 4.35. The van der Waals surface area contributed by atoms with Gasteiger partial charge in [-0.15, -0.1) is 0 Å². The van der Waals surface area contributed by atoms with Crippen LogP contribution in [0.4, 0.5) is 0 Å². The van der Waals surface area contributed by atoms with Crippen LogP contribution < -0.4 is 5.32 Å². The summed E-state index contributed by atoms with van der Waals surface area (Å²) >= 11 is 0. The number of carbonyl (C=O) groups is 2. The fraction of sp³-hybridized carbons (Fsp3) is 0.818. The molecule has 0 aliphatic heterocycles. The van der Waals surface area contributed by atoms with E-state index in [1.165, 1.54) is 6.42 Å². The Morgan fingerprint density at radius 2 is 1.73 bits per heavy atom. The number of hydrogen-bond donors (Lipinski definition) is 2. The van der Waals surface area contributed by atoms with Crippen molar-refractivity contribution < 1.29 is 14.7 Å². The van der Waals surface area contributed by atoms with Crippen molar-refractivity contribution in [2.75, 3.05) is 0 Å². The lowest BCUT2D eigenvalue weighted by Gasteiger charge is -2.31. The van der Waals surface area contributed by atoms with Gasteiger partial charge in [-0.25, -0.2) is 0 Å². The molecule has 0 heterocycles. The quantitative estimate of drug-likeness (QED) is 0.696. The van der Waals surface area contributed by atoms with Crippen molar-refractivity contribution in [2.24, 2.45) is 11.8 Å². The molecule has 2 unspecified atom stereocenters. The van der Waals surface area contributed by atoms with Gasteiger partial charge in [0.1, 0.15) is 6.42 Å². The molecule has 4 nitrogen and oxygen atoms in total. The standard InChI is InChI=1S/C11H19NO3/c1-7-3-8(2)5-9(4-7)12-10(13)6-11(14)15/h7-9H,3-6H2,1-2H3,(H,12,13)(H,14,15). The van der Waals surface area contributed by atoms with Gasteiger partial charge in [0.25, 0.3) is 0 Å². The number of amides is 1. The third-order valence-electron chi connectivity index (χ3n) is 2.86. The maximum Gasteiger partial charge on any atom is 0.312 e. The Bertz CT molecular complexity index is 242. The van der Waals surface area contributed by atoms with E-state index in [-0.39, 0.29) is 11.9 Å². The minimum Gasteiger partial charge on any atom is -0.481 e. The van der Waals surface area contributed by atoms with E-state index < -0.39 is 12.4 Å². The first-order chi connectivity index (χ1) is 6.97. The second-order valence-electron chi connectivity index (χ2n) is 4.75. The van der Waals surface area contributed by atoms with Crippen LogP contribution in [0.3, 0.4) is 0 Å². The summed E-state index contributed by atoms with van der Waals surface area (Å²) in [5, 5.41) is 11.2. The van der Waals surface area contributed by atoms with Crippen LogP contribution in [0.1, 0.15) is 39.5 Å². The molecular formula is C11H19NO3. The molecule has 1 aliphatic rings. The molecule has 2 N–H and O–H groups in total. The van der Waals surface area contributed by atoms with E-state index in [2.05, 4.69) is 19.2 Å². The molecule has 1 rings (SSSR count). The molecule has 1 saturated carbocycles. The van der Waals surface area contributed by atoms with Gasteiger partial charge in [-0.1, -0.05) is 13.8 Å². The maximum absolute atomic E-state index is 11.2. The highest BCUT2D eigenvalue weighted by molar-refractivity contribution is 5.93. The highest BCUT2D eigenvalue weighted by atomic mass is 16.4. The van der Waals surface area contributed by atoms with Crippen LogP contribution in [0.5, 0.6) is 0 Å². The monoisotopic (exact) mass is 213 g/mol. The maximum atomic E-state index is 11.2. The Morgan fingerprint density at radius 3 is 2.20 bits per heavy atom. The molecule has 0 bridgehead atoms. The number of hydrogen-bond acceptors (Lipinski definition) is 2. The number of carboxylic acid groups (broad SMARTS) is 1. The molecule has 0 aromatic carbocycles. The van der Waals surface area contributed by atoms with Crippen molar-refractivity contribution >= 4 is 11.9 Å². The van der Waals surface area contributed by atoms with Gasteiger partial charge < -0.3 is 10.4 Å². The van der Waals surface area contributed by atoms with Crippen LogP contribution in [-0.2, 0) is 9.59 Å². The minimum absolute atomic E-state index is 0.163. The molecule has 0 radical (unpaired) electrons. The molecular weight excluding hydrogens is 194 g/mol. The van der Waals surface area contributed by atoms with E-state index in [1.807, 2.05) is 0 Å². The molecule has 4 heteroatoms. The van der Waals surface area contributed by atoms with Gasteiger partial charge >= 0.3 is 5.97 Å². The molecule has 0 aromatic rings. The Hall–Kier alpha value is -1.06. The number of carboxylic acids is 1. The molecule has 1 aliphatic carbocycles. The predicted molar refractivity (Wildman–Crippen MR) is 56.4 cm³/mol. The first kappa shape index (κ1) is 12.0. The SMILES string of the molecule is CC1CC(C)CC(NC(=O)CC(=O)O)C1. The largest absolute Gasteiger partial charge is 0.481 e. The lowest BCUT2D eigenvalue weighted by atomic mass is 9.80. The lowest BCUT2D eigenvalue weighted by molar-refractivity contribution is -0.140. The van der Waals surface area contributed by atoms with Crippen molar-refractivity contribution in [3.05, 3.63) is 0 Å². The summed E-state index contributed by atoms with van der Waals surface area (Å²) in [5.41, 5.74) is 0. The zero-order valence-corrected chi connectivity index (χ0v) is 9.32. The fourth-order valence-electron chi connectivity index (χ4n) is 2.48. The normalized spacial score (nSPS) is 30.9. The smallest absolute Gasteiger partial charge is 0.312 e. The van der Waals surface area contributed by atoms with Crippen LogP contribution in [-0.4, -0.2) is 23.0 Å². The first-order valence-corrected chi connectivity index (χ1v) is 5.48. The van der Waals surface area contributed by atoms with Gasteiger partial charge in [-0.3, -0.25) is 9.59 Å². The van der Waals surface area contributed by atoms with Gasteiger partial charge in [0.2, 0.25) is 5.91 Å². The van der Waals surface area contributed by atoms with Crippen LogP contribution in [0.25, 0.3) is 0 Å². The van der Waals surface area contributed by atoms with E-state index >= 15 is 0 Å². The lowest BCUT2D eigenvalue weighted by Crippen LogP contribution is -2.40. The van der Waals surface area contributed by atoms with Crippen molar-refractivity contribution in [3.8, 4) is 0 Å². The van der Waals surface area contributed by atoms with E-state index in [0.29, 0.717) is 11.8 Å². The number of rotatable bonds is 3. The van der Waals surface area contributed by atoms with E-state index in [1.54, 1.807) is 0 Å². The minimum atomic E-state index is -1.07.